The molecule has 2 aromatic carbocycles. The van der Waals surface area contributed by atoms with Crippen molar-refractivity contribution in [2.24, 2.45) is 0 Å². The minimum Gasteiger partial charge on any atom is -0.355 e. The zero-order chi connectivity index (χ0) is 16.3. The van der Waals surface area contributed by atoms with Crippen LogP contribution in [-0.2, 0) is 0 Å². The predicted molar refractivity (Wildman–Crippen MR) is 77.4 cm³/mol. The molecule has 0 bridgehead atoms. The van der Waals surface area contributed by atoms with Gasteiger partial charge in [-0.3, -0.25) is 4.79 Å². The second-order valence-electron chi connectivity index (χ2n) is 4.33. The second-order valence-corrected chi connectivity index (χ2v) is 4.33. The average Bonchev–Trinajstić information content (AvgIpc) is 2.52. The topological polar surface area (TPSA) is 41.1 Å². The Morgan fingerprint density at radius 1 is 1.14 bits per heavy atom. The summed E-state index contributed by atoms with van der Waals surface area (Å²) in [6, 6.07) is 5.71. The van der Waals surface area contributed by atoms with Gasteiger partial charge in [0.15, 0.2) is 11.6 Å². The van der Waals surface area contributed by atoms with Crippen LogP contribution >= 0.6 is 0 Å². The molecule has 1 amide bonds. The van der Waals surface area contributed by atoms with E-state index in [2.05, 4.69) is 16.6 Å². The maximum atomic E-state index is 13.9. The Labute approximate surface area is 125 Å². The lowest BCUT2D eigenvalue weighted by atomic mass is 10.1. The van der Waals surface area contributed by atoms with Crippen LogP contribution < -0.4 is 10.6 Å². The number of hydrogen-bond acceptors (Lipinski definition) is 2. The van der Waals surface area contributed by atoms with Crippen LogP contribution in [0.25, 0.3) is 0 Å². The molecule has 0 saturated heterocycles. The Morgan fingerprint density at radius 3 is 2.45 bits per heavy atom. The Hall–Kier alpha value is -2.94. The third kappa shape index (κ3) is 2.88. The summed E-state index contributed by atoms with van der Waals surface area (Å²) in [6.07, 6.45) is 5.15. The predicted octanol–water partition coefficient (Wildman–Crippen LogP) is 3.19. The van der Waals surface area contributed by atoms with E-state index in [4.69, 9.17) is 6.42 Å². The zero-order valence-electron chi connectivity index (χ0n) is 11.5. The van der Waals surface area contributed by atoms with Gasteiger partial charge < -0.3 is 10.6 Å². The highest BCUT2D eigenvalue weighted by molar-refractivity contribution is 6.00. The Balaban J connectivity index is 2.51. The number of carbonyl (C=O) groups is 1. The first kappa shape index (κ1) is 15.4. The highest BCUT2D eigenvalue weighted by Crippen LogP contribution is 2.28. The highest BCUT2D eigenvalue weighted by atomic mass is 19.2. The third-order valence-electron chi connectivity index (χ3n) is 2.96. The van der Waals surface area contributed by atoms with Gasteiger partial charge in [0, 0.05) is 12.6 Å². The number of benzene rings is 2. The van der Waals surface area contributed by atoms with Crippen LogP contribution in [0.2, 0.25) is 0 Å². The van der Waals surface area contributed by atoms with Crippen LogP contribution in [-0.4, -0.2) is 13.0 Å². The van der Waals surface area contributed by atoms with E-state index in [-0.39, 0.29) is 11.3 Å². The lowest BCUT2D eigenvalue weighted by molar-refractivity contribution is 0.0963. The molecule has 22 heavy (non-hydrogen) atoms. The third-order valence-corrected chi connectivity index (χ3v) is 2.96. The molecular weight excluding hydrogens is 293 g/mol. The van der Waals surface area contributed by atoms with Crippen molar-refractivity contribution in [1.29, 1.82) is 0 Å². The van der Waals surface area contributed by atoms with E-state index in [9.17, 15) is 18.0 Å². The van der Waals surface area contributed by atoms with Gasteiger partial charge in [0.25, 0.3) is 5.91 Å². The fourth-order valence-corrected chi connectivity index (χ4v) is 1.84. The highest BCUT2D eigenvalue weighted by Gasteiger charge is 2.19. The molecule has 0 unspecified atom stereocenters. The van der Waals surface area contributed by atoms with E-state index in [0.29, 0.717) is 5.56 Å². The molecule has 0 radical (unpaired) electrons. The van der Waals surface area contributed by atoms with Crippen LogP contribution in [0.5, 0.6) is 0 Å². The quantitative estimate of drug-likeness (QED) is 0.855. The van der Waals surface area contributed by atoms with Gasteiger partial charge in [-0.1, -0.05) is 5.92 Å². The van der Waals surface area contributed by atoms with Crippen molar-refractivity contribution in [3.05, 3.63) is 58.9 Å². The van der Waals surface area contributed by atoms with Gasteiger partial charge in [-0.15, -0.1) is 6.42 Å². The number of anilines is 2. The summed E-state index contributed by atoms with van der Waals surface area (Å²) >= 11 is 0. The number of carbonyl (C=O) groups excluding carboxylic acids is 1. The fourth-order valence-electron chi connectivity index (χ4n) is 1.84. The molecule has 0 aliphatic rings. The smallest absolute Gasteiger partial charge is 0.253 e. The van der Waals surface area contributed by atoms with Crippen molar-refractivity contribution in [3.8, 4) is 12.3 Å². The number of amides is 1. The lowest BCUT2D eigenvalue weighted by Crippen LogP contribution is -2.20. The molecule has 0 atom stereocenters. The average molecular weight is 304 g/mol. The van der Waals surface area contributed by atoms with E-state index in [1.54, 1.807) is 0 Å². The molecular formula is C16H11F3N2O. The number of hydrogen-bond donors (Lipinski definition) is 2. The summed E-state index contributed by atoms with van der Waals surface area (Å²) in [5.41, 5.74) is -0.434. The summed E-state index contributed by atoms with van der Waals surface area (Å²) in [5.74, 6) is -1.57. The van der Waals surface area contributed by atoms with Crippen LogP contribution in [0, 0.1) is 29.8 Å². The number of terminal acetylenes is 1. The summed E-state index contributed by atoms with van der Waals surface area (Å²) in [5, 5.41) is 4.70. The van der Waals surface area contributed by atoms with E-state index in [0.717, 1.165) is 18.2 Å². The normalized spacial score (nSPS) is 9.95. The number of nitrogens with one attached hydrogen (secondary N) is 2. The summed E-state index contributed by atoms with van der Waals surface area (Å²) in [7, 11) is 1.34. The van der Waals surface area contributed by atoms with E-state index in [1.165, 1.54) is 19.2 Å². The second kappa shape index (κ2) is 6.22. The first-order chi connectivity index (χ1) is 10.5. The lowest BCUT2D eigenvalue weighted by Gasteiger charge is -2.13. The van der Waals surface area contributed by atoms with Gasteiger partial charge in [-0.05, 0) is 30.3 Å². The number of rotatable bonds is 3. The van der Waals surface area contributed by atoms with Crippen LogP contribution in [0.4, 0.5) is 24.5 Å². The largest absolute Gasteiger partial charge is 0.355 e. The van der Waals surface area contributed by atoms with E-state index < -0.39 is 29.0 Å². The fraction of sp³-hybridized carbons (Fsp3) is 0.0625. The van der Waals surface area contributed by atoms with Gasteiger partial charge in [0.1, 0.15) is 5.82 Å². The number of halogens is 3. The van der Waals surface area contributed by atoms with Crippen LogP contribution in [0.15, 0.2) is 30.3 Å². The molecule has 2 N–H and O–H groups in total. The van der Waals surface area contributed by atoms with Crippen LogP contribution in [0.1, 0.15) is 15.9 Å². The van der Waals surface area contributed by atoms with Crippen molar-refractivity contribution >= 4 is 17.3 Å². The molecule has 0 saturated carbocycles. The van der Waals surface area contributed by atoms with Gasteiger partial charge in [-0.2, -0.15) is 0 Å². The maximum absolute atomic E-state index is 13.9. The molecule has 2 aromatic rings. The Bertz CT molecular complexity index is 782. The summed E-state index contributed by atoms with van der Waals surface area (Å²) < 4.78 is 41.2. The molecule has 0 fully saturated rings. The van der Waals surface area contributed by atoms with E-state index in [1.807, 2.05) is 0 Å². The van der Waals surface area contributed by atoms with E-state index >= 15 is 0 Å². The van der Waals surface area contributed by atoms with Crippen molar-refractivity contribution in [2.75, 3.05) is 12.4 Å². The SMILES string of the molecule is C#Cc1ccc(Nc2c(C(=O)NC)ccc(F)c2F)c(F)c1. The van der Waals surface area contributed by atoms with Gasteiger partial charge in [0.2, 0.25) is 0 Å². The minimum atomic E-state index is -1.28. The van der Waals surface area contributed by atoms with Crippen molar-refractivity contribution in [3.63, 3.8) is 0 Å². The Morgan fingerprint density at radius 2 is 1.86 bits per heavy atom. The van der Waals surface area contributed by atoms with Crippen molar-refractivity contribution in [1.82, 2.24) is 5.32 Å². The summed E-state index contributed by atoms with van der Waals surface area (Å²) in [6.45, 7) is 0. The molecule has 6 heteroatoms. The first-order valence-corrected chi connectivity index (χ1v) is 6.21. The zero-order valence-corrected chi connectivity index (χ0v) is 11.5. The molecule has 3 nitrogen and oxygen atoms in total. The first-order valence-electron chi connectivity index (χ1n) is 6.21. The molecule has 0 aromatic heterocycles. The summed E-state index contributed by atoms with van der Waals surface area (Å²) in [4.78, 5) is 11.7. The van der Waals surface area contributed by atoms with Crippen LogP contribution in [0.3, 0.4) is 0 Å². The van der Waals surface area contributed by atoms with Gasteiger partial charge in [0.05, 0.1) is 16.9 Å². The van der Waals surface area contributed by atoms with Gasteiger partial charge in [-0.25, -0.2) is 13.2 Å². The Kier molecular flexibility index (Phi) is 4.37. The minimum absolute atomic E-state index is 0.131. The monoisotopic (exact) mass is 304 g/mol. The molecule has 0 spiro atoms. The molecule has 112 valence electrons. The molecule has 0 aliphatic carbocycles. The van der Waals surface area contributed by atoms with Crippen molar-refractivity contribution < 1.29 is 18.0 Å². The molecule has 2 rings (SSSR count). The molecule has 0 heterocycles. The molecule has 0 aliphatic heterocycles. The maximum Gasteiger partial charge on any atom is 0.253 e. The van der Waals surface area contributed by atoms with Gasteiger partial charge >= 0.3 is 0 Å². The van der Waals surface area contributed by atoms with Crippen molar-refractivity contribution in [2.45, 2.75) is 0 Å². The standard InChI is InChI=1S/C16H11F3N2O/c1-3-9-4-7-13(12(18)8-9)21-15-10(16(22)20-2)5-6-11(17)14(15)19/h1,4-8,21H,2H3,(H,20,22).